The van der Waals surface area contributed by atoms with Crippen LogP contribution in [0.15, 0.2) is 24.3 Å². The van der Waals surface area contributed by atoms with Gasteiger partial charge in [0.2, 0.25) is 17.7 Å². The van der Waals surface area contributed by atoms with E-state index in [1.165, 1.54) is 5.56 Å². The monoisotopic (exact) mass is 679 g/mol. The summed E-state index contributed by atoms with van der Waals surface area (Å²) in [5.41, 5.74) is 1.85. The lowest BCUT2D eigenvalue weighted by atomic mass is 9.84. The third-order valence-corrected chi connectivity index (χ3v) is 11.5. The van der Waals surface area contributed by atoms with Crippen LogP contribution in [-0.4, -0.2) is 114 Å². The normalized spacial score (nSPS) is 26.2. The number of likely N-dealkylation sites (N-methyl/N-ethyl adjacent to an activating group) is 2. The third-order valence-electron chi connectivity index (χ3n) is 11.5. The molecule has 3 fully saturated rings. The molecule has 1 aromatic carbocycles. The molecule has 3 aliphatic heterocycles. The molecule has 0 spiro atoms. The van der Waals surface area contributed by atoms with Gasteiger partial charge >= 0.3 is 5.97 Å². The highest BCUT2D eigenvalue weighted by molar-refractivity contribution is 5.91. The van der Waals surface area contributed by atoms with E-state index in [1.807, 2.05) is 51.9 Å². The van der Waals surface area contributed by atoms with Crippen molar-refractivity contribution in [3.8, 4) is 0 Å². The number of hydrogen-bond donors (Lipinski definition) is 1. The molecule has 49 heavy (non-hydrogen) atoms. The Bertz CT molecular complexity index is 1340. The Morgan fingerprint density at radius 1 is 0.898 bits per heavy atom. The number of nitrogens with one attached hydrogen (secondary N) is 1. The predicted molar refractivity (Wildman–Crippen MR) is 191 cm³/mol. The van der Waals surface area contributed by atoms with E-state index in [1.54, 1.807) is 4.90 Å². The Hall–Kier alpha value is -2.98. The number of ether oxygens (including phenoxy) is 1. The highest BCUT2D eigenvalue weighted by Gasteiger charge is 2.44. The molecule has 6 atom stereocenters. The Morgan fingerprint density at radius 3 is 2.31 bits per heavy atom. The van der Waals surface area contributed by atoms with Gasteiger partial charge in [0, 0.05) is 26.2 Å². The largest absolute Gasteiger partial charge is 0.456 e. The molecule has 0 saturated carbocycles. The van der Waals surface area contributed by atoms with Crippen LogP contribution >= 0.6 is 0 Å². The standard InChI is InChI=1S/C39H61N5O5/c1-26(2)32(42(7)37(47)34(39(3,4)5)40-35(45)29-18-10-11-22-41(29)6)25-43-23-13-19-30(43)36(46)44-24-14-20-31(44)38(48)49-33-21-12-16-27-15-8-9-17-28(27)33/h8-9,15,17,26,29-34H,10-14,16,18-25H2,1-7H3,(H,40,45)/t29?,30-,31-,32+,33+,34+/m0/s1. The molecule has 1 unspecified atom stereocenters. The summed E-state index contributed by atoms with van der Waals surface area (Å²) < 4.78 is 6.12. The highest BCUT2D eigenvalue weighted by Crippen LogP contribution is 2.34. The topological polar surface area (TPSA) is 103 Å². The SMILES string of the molecule is CC(C)[C@@H](CN1CCC[C@H]1C(=O)N1CCC[C@H]1C(=O)O[C@@H]1CCCc2ccccc21)N(C)C(=O)[C@@H](NC(=O)C1CCCCN1C)C(C)(C)C. The quantitative estimate of drug-likeness (QED) is 0.362. The van der Waals surface area contributed by atoms with Crippen molar-refractivity contribution in [1.82, 2.24) is 24.9 Å². The van der Waals surface area contributed by atoms with E-state index in [9.17, 15) is 19.2 Å². The van der Waals surface area contributed by atoms with E-state index in [4.69, 9.17) is 4.74 Å². The number of esters is 1. The molecule has 10 nitrogen and oxygen atoms in total. The minimum atomic E-state index is -0.676. The first kappa shape index (κ1) is 37.3. The van der Waals surface area contributed by atoms with Crippen molar-refractivity contribution in [2.75, 3.05) is 40.3 Å². The summed E-state index contributed by atoms with van der Waals surface area (Å²) in [6, 6.07) is 6.23. The minimum absolute atomic E-state index is 0.00564. The van der Waals surface area contributed by atoms with Crippen molar-refractivity contribution in [1.29, 1.82) is 0 Å². The Morgan fingerprint density at radius 2 is 1.59 bits per heavy atom. The van der Waals surface area contributed by atoms with Crippen molar-refractivity contribution >= 4 is 23.7 Å². The molecule has 3 heterocycles. The summed E-state index contributed by atoms with van der Waals surface area (Å²) in [7, 11) is 3.82. The van der Waals surface area contributed by atoms with E-state index >= 15 is 0 Å². The molecular formula is C39H61N5O5. The van der Waals surface area contributed by atoms with Gasteiger partial charge in [0.05, 0.1) is 12.1 Å². The van der Waals surface area contributed by atoms with Gasteiger partial charge in [-0.3, -0.25) is 24.2 Å². The molecule has 272 valence electrons. The number of benzene rings is 1. The molecule has 1 N–H and O–H groups in total. The van der Waals surface area contributed by atoms with Crippen LogP contribution in [0.4, 0.5) is 0 Å². The van der Waals surface area contributed by atoms with E-state index in [0.717, 1.165) is 76.4 Å². The molecule has 1 aromatic rings. The van der Waals surface area contributed by atoms with Gasteiger partial charge in [-0.15, -0.1) is 0 Å². The van der Waals surface area contributed by atoms with Gasteiger partial charge < -0.3 is 19.9 Å². The van der Waals surface area contributed by atoms with Crippen LogP contribution in [0.25, 0.3) is 0 Å². The Labute approximate surface area is 294 Å². The number of carbonyl (C=O) groups excluding carboxylic acids is 4. The average molecular weight is 680 g/mol. The van der Waals surface area contributed by atoms with E-state index in [2.05, 4.69) is 41.1 Å². The van der Waals surface area contributed by atoms with Crippen LogP contribution < -0.4 is 5.32 Å². The molecule has 3 saturated heterocycles. The molecule has 0 aromatic heterocycles. The van der Waals surface area contributed by atoms with Crippen molar-refractivity contribution < 1.29 is 23.9 Å². The molecule has 1 aliphatic carbocycles. The number of likely N-dealkylation sites (tertiary alicyclic amines) is 3. The number of hydrogen-bond acceptors (Lipinski definition) is 7. The molecule has 3 amide bonds. The molecule has 5 rings (SSSR count). The summed E-state index contributed by atoms with van der Waals surface area (Å²) in [6.45, 7) is 13.0. The third kappa shape index (κ3) is 8.50. The predicted octanol–water partition coefficient (Wildman–Crippen LogP) is 4.56. The number of carbonyl (C=O) groups is 4. The number of amides is 3. The first-order chi connectivity index (χ1) is 23.3. The lowest BCUT2D eigenvalue weighted by molar-refractivity contribution is -0.160. The van der Waals surface area contributed by atoms with Gasteiger partial charge in [0.25, 0.3) is 0 Å². The van der Waals surface area contributed by atoms with Crippen molar-refractivity contribution in [3.05, 3.63) is 35.4 Å². The zero-order valence-corrected chi connectivity index (χ0v) is 31.1. The minimum Gasteiger partial charge on any atom is -0.456 e. The maximum atomic E-state index is 14.2. The van der Waals surface area contributed by atoms with Crippen molar-refractivity contribution in [3.63, 3.8) is 0 Å². The number of fused-ring (bicyclic) bond motifs is 1. The van der Waals surface area contributed by atoms with E-state index < -0.39 is 17.5 Å². The van der Waals surface area contributed by atoms with Gasteiger partial charge in [0.15, 0.2) is 0 Å². The highest BCUT2D eigenvalue weighted by atomic mass is 16.5. The Kier molecular flexibility index (Phi) is 12.1. The summed E-state index contributed by atoms with van der Waals surface area (Å²) in [6.07, 6.45) is 8.42. The van der Waals surface area contributed by atoms with Crippen LogP contribution in [-0.2, 0) is 30.3 Å². The zero-order chi connectivity index (χ0) is 35.5. The van der Waals surface area contributed by atoms with Crippen LogP contribution in [0.1, 0.15) is 110 Å². The van der Waals surface area contributed by atoms with Gasteiger partial charge in [0.1, 0.15) is 18.2 Å². The van der Waals surface area contributed by atoms with Crippen LogP contribution in [0, 0.1) is 11.3 Å². The number of rotatable bonds is 10. The van der Waals surface area contributed by atoms with Crippen molar-refractivity contribution in [2.24, 2.45) is 11.3 Å². The fraction of sp³-hybridized carbons (Fsp3) is 0.744. The van der Waals surface area contributed by atoms with Crippen molar-refractivity contribution in [2.45, 2.75) is 135 Å². The van der Waals surface area contributed by atoms with E-state index in [0.29, 0.717) is 19.5 Å². The number of nitrogens with zero attached hydrogens (tertiary/aromatic N) is 4. The summed E-state index contributed by atoms with van der Waals surface area (Å²) in [5.74, 6) is -0.363. The van der Waals surface area contributed by atoms with Gasteiger partial charge in [-0.1, -0.05) is 65.3 Å². The lowest BCUT2D eigenvalue weighted by Gasteiger charge is -2.41. The summed E-state index contributed by atoms with van der Waals surface area (Å²) in [5, 5.41) is 3.15. The van der Waals surface area contributed by atoms with Gasteiger partial charge in [-0.25, -0.2) is 4.79 Å². The lowest BCUT2D eigenvalue weighted by Crippen LogP contribution is -2.61. The van der Waals surface area contributed by atoms with Crippen LogP contribution in [0.3, 0.4) is 0 Å². The smallest absolute Gasteiger partial charge is 0.329 e. The van der Waals surface area contributed by atoms with Gasteiger partial charge in [-0.05, 0) is 100 Å². The maximum Gasteiger partial charge on any atom is 0.329 e. The Balaban J connectivity index is 1.25. The first-order valence-electron chi connectivity index (χ1n) is 18.9. The van der Waals surface area contributed by atoms with Gasteiger partial charge in [-0.2, -0.15) is 0 Å². The molecule has 4 aliphatic rings. The zero-order valence-electron chi connectivity index (χ0n) is 31.1. The number of piperidine rings is 1. The fourth-order valence-electron chi connectivity index (χ4n) is 8.52. The first-order valence-corrected chi connectivity index (χ1v) is 18.9. The van der Waals surface area contributed by atoms with E-state index in [-0.39, 0.29) is 53.8 Å². The summed E-state index contributed by atoms with van der Waals surface area (Å²) in [4.78, 5) is 63.4. The number of aryl methyl sites for hydroxylation is 1. The maximum absolute atomic E-state index is 14.2. The van der Waals surface area contributed by atoms with Crippen LogP contribution in [0.5, 0.6) is 0 Å². The second-order valence-electron chi connectivity index (χ2n) is 16.4. The molecule has 10 heteroatoms. The summed E-state index contributed by atoms with van der Waals surface area (Å²) >= 11 is 0. The molecule has 0 radical (unpaired) electrons. The van der Waals surface area contributed by atoms with Crippen LogP contribution in [0.2, 0.25) is 0 Å². The second-order valence-corrected chi connectivity index (χ2v) is 16.4. The molecule has 0 bridgehead atoms. The average Bonchev–Trinajstić information content (AvgIpc) is 3.75. The molecular weight excluding hydrogens is 618 g/mol. The second kappa shape index (κ2) is 15.9. The fourth-order valence-corrected chi connectivity index (χ4v) is 8.52.